The van der Waals surface area contributed by atoms with Crippen LogP contribution in [0.4, 0.5) is 5.69 Å². The molecule has 0 amide bonds. The molecule has 1 aliphatic rings. The molecule has 98 valence electrons. The molecule has 2 rings (SSSR count). The number of hydrogen-bond acceptors (Lipinski definition) is 3. The lowest BCUT2D eigenvalue weighted by atomic mass is 10.1. The van der Waals surface area contributed by atoms with Crippen molar-refractivity contribution in [3.05, 3.63) is 23.8 Å². The van der Waals surface area contributed by atoms with Crippen molar-refractivity contribution in [3.8, 4) is 5.75 Å². The first-order chi connectivity index (χ1) is 8.52. The Bertz CT molecular complexity index is 504. The van der Waals surface area contributed by atoms with E-state index in [4.69, 9.17) is 14.4 Å². The van der Waals surface area contributed by atoms with Gasteiger partial charge in [0.1, 0.15) is 5.75 Å². The fourth-order valence-electron chi connectivity index (χ4n) is 1.97. The molecule has 0 saturated heterocycles. The molecule has 0 aromatic heterocycles. The lowest BCUT2D eigenvalue weighted by Gasteiger charge is -2.10. The molecule has 6 nitrogen and oxygen atoms in total. The van der Waals surface area contributed by atoms with Gasteiger partial charge in [-0.2, -0.15) is 0 Å². The van der Waals surface area contributed by atoms with Crippen LogP contribution in [0.5, 0.6) is 5.75 Å². The predicted molar refractivity (Wildman–Crippen MR) is 65.9 cm³/mol. The van der Waals surface area contributed by atoms with E-state index in [0.717, 1.165) is 5.56 Å². The van der Waals surface area contributed by atoms with Crippen molar-refractivity contribution in [2.75, 3.05) is 11.8 Å². The first-order valence-electron chi connectivity index (χ1n) is 5.31. The SMILES string of the molecule is COc1ccc(C2CC2C(=O)O)cc1NS(=O)O. The number of nitrogens with one attached hydrogen (secondary N) is 1. The highest BCUT2D eigenvalue weighted by molar-refractivity contribution is 7.80. The van der Waals surface area contributed by atoms with Crippen LogP contribution in [0.1, 0.15) is 17.9 Å². The summed E-state index contributed by atoms with van der Waals surface area (Å²) in [4.78, 5) is 10.8. The maximum Gasteiger partial charge on any atom is 0.307 e. The Morgan fingerprint density at radius 1 is 1.56 bits per heavy atom. The zero-order chi connectivity index (χ0) is 13.3. The molecular weight excluding hydrogens is 258 g/mol. The van der Waals surface area contributed by atoms with E-state index in [1.54, 1.807) is 18.2 Å². The smallest absolute Gasteiger partial charge is 0.307 e. The van der Waals surface area contributed by atoms with Crippen LogP contribution in [0.3, 0.4) is 0 Å². The fraction of sp³-hybridized carbons (Fsp3) is 0.364. The number of ether oxygens (including phenoxy) is 1. The summed E-state index contributed by atoms with van der Waals surface area (Å²) < 4.78 is 27.0. The first-order valence-corrected chi connectivity index (χ1v) is 6.42. The number of methoxy groups -OCH3 is 1. The summed E-state index contributed by atoms with van der Waals surface area (Å²) in [5.74, 6) is -0.753. The molecule has 1 saturated carbocycles. The van der Waals surface area contributed by atoms with E-state index >= 15 is 0 Å². The second kappa shape index (κ2) is 4.95. The van der Waals surface area contributed by atoms with Crippen molar-refractivity contribution >= 4 is 22.9 Å². The molecule has 18 heavy (non-hydrogen) atoms. The fourth-order valence-corrected chi connectivity index (χ4v) is 2.31. The molecule has 3 atom stereocenters. The number of carbonyl (C=O) groups is 1. The van der Waals surface area contributed by atoms with E-state index in [9.17, 15) is 9.00 Å². The maximum absolute atomic E-state index is 10.8. The van der Waals surface area contributed by atoms with Crippen LogP contribution < -0.4 is 9.46 Å². The molecule has 0 heterocycles. The number of hydrogen-bond donors (Lipinski definition) is 3. The topological polar surface area (TPSA) is 95.9 Å². The summed E-state index contributed by atoms with van der Waals surface area (Å²) in [7, 11) is 1.46. The van der Waals surface area contributed by atoms with E-state index in [2.05, 4.69) is 4.72 Å². The number of benzene rings is 1. The lowest BCUT2D eigenvalue weighted by Crippen LogP contribution is -2.04. The van der Waals surface area contributed by atoms with Gasteiger partial charge in [0, 0.05) is 0 Å². The summed E-state index contributed by atoms with van der Waals surface area (Å²) >= 11 is -2.19. The molecular formula is C11H13NO5S. The normalized spacial score (nSPS) is 23.2. The lowest BCUT2D eigenvalue weighted by molar-refractivity contribution is -0.138. The van der Waals surface area contributed by atoms with Crippen LogP contribution in [-0.4, -0.2) is 26.9 Å². The minimum absolute atomic E-state index is 0.0268. The number of aliphatic carboxylic acids is 1. The second-order valence-corrected chi connectivity index (χ2v) is 4.80. The molecule has 7 heteroatoms. The van der Waals surface area contributed by atoms with Gasteiger partial charge in [-0.25, -0.2) is 4.21 Å². The molecule has 0 bridgehead atoms. The predicted octanol–water partition coefficient (Wildman–Crippen LogP) is 1.43. The number of carboxylic acids is 1. The quantitative estimate of drug-likeness (QED) is 0.704. The van der Waals surface area contributed by atoms with Crippen LogP contribution in [0.15, 0.2) is 18.2 Å². The maximum atomic E-state index is 10.8. The largest absolute Gasteiger partial charge is 0.495 e. The van der Waals surface area contributed by atoms with Crippen molar-refractivity contribution in [2.24, 2.45) is 5.92 Å². The number of carboxylic acid groups (broad SMARTS) is 1. The average molecular weight is 271 g/mol. The van der Waals surface area contributed by atoms with Crippen molar-refractivity contribution in [2.45, 2.75) is 12.3 Å². The molecule has 0 aliphatic heterocycles. The van der Waals surface area contributed by atoms with Gasteiger partial charge in [0.05, 0.1) is 18.7 Å². The molecule has 1 aromatic carbocycles. The third-order valence-electron chi connectivity index (χ3n) is 2.96. The van der Waals surface area contributed by atoms with Crippen LogP contribution in [0.2, 0.25) is 0 Å². The van der Waals surface area contributed by atoms with Crippen molar-refractivity contribution < 1.29 is 23.4 Å². The number of rotatable bonds is 5. The van der Waals surface area contributed by atoms with Gasteiger partial charge < -0.3 is 9.84 Å². The van der Waals surface area contributed by atoms with Gasteiger partial charge in [-0.15, -0.1) is 0 Å². The zero-order valence-electron chi connectivity index (χ0n) is 9.62. The Labute approximate surface area is 106 Å². The van der Waals surface area contributed by atoms with Crippen molar-refractivity contribution in [1.29, 1.82) is 0 Å². The highest BCUT2D eigenvalue weighted by atomic mass is 32.2. The molecule has 1 aliphatic carbocycles. The van der Waals surface area contributed by atoms with Crippen molar-refractivity contribution in [3.63, 3.8) is 0 Å². The van der Waals surface area contributed by atoms with Crippen LogP contribution in [-0.2, 0) is 16.1 Å². The number of anilines is 1. The molecule has 1 aromatic rings. The van der Waals surface area contributed by atoms with E-state index in [1.807, 2.05) is 0 Å². The van der Waals surface area contributed by atoms with Gasteiger partial charge in [-0.3, -0.25) is 14.1 Å². The van der Waals surface area contributed by atoms with Crippen LogP contribution >= 0.6 is 0 Å². The van der Waals surface area contributed by atoms with Crippen LogP contribution in [0, 0.1) is 5.92 Å². The molecule has 0 spiro atoms. The van der Waals surface area contributed by atoms with Gasteiger partial charge in [-0.05, 0) is 30.0 Å². The zero-order valence-corrected chi connectivity index (χ0v) is 10.4. The highest BCUT2D eigenvalue weighted by Crippen LogP contribution is 2.48. The summed E-state index contributed by atoms with van der Waals surface area (Å²) in [5.41, 5.74) is 1.21. The molecule has 1 fully saturated rings. The molecule has 0 radical (unpaired) electrons. The van der Waals surface area contributed by atoms with E-state index in [0.29, 0.717) is 17.9 Å². The van der Waals surface area contributed by atoms with Crippen molar-refractivity contribution in [1.82, 2.24) is 0 Å². The Morgan fingerprint density at radius 2 is 2.28 bits per heavy atom. The summed E-state index contributed by atoms with van der Waals surface area (Å²) in [6.07, 6.45) is 0.601. The van der Waals surface area contributed by atoms with E-state index < -0.39 is 17.2 Å². The van der Waals surface area contributed by atoms with Gasteiger partial charge in [-0.1, -0.05) is 6.07 Å². The minimum Gasteiger partial charge on any atom is -0.495 e. The summed E-state index contributed by atoms with van der Waals surface area (Å²) in [6, 6.07) is 5.08. The van der Waals surface area contributed by atoms with Crippen LogP contribution in [0.25, 0.3) is 0 Å². The first kappa shape index (κ1) is 12.8. The molecule has 3 N–H and O–H groups in total. The van der Waals surface area contributed by atoms with Gasteiger partial charge >= 0.3 is 5.97 Å². The van der Waals surface area contributed by atoms with Gasteiger partial charge in [0.25, 0.3) is 11.3 Å². The van der Waals surface area contributed by atoms with E-state index in [1.165, 1.54) is 7.11 Å². The van der Waals surface area contributed by atoms with Gasteiger partial charge in [0.15, 0.2) is 0 Å². The highest BCUT2D eigenvalue weighted by Gasteiger charge is 2.44. The van der Waals surface area contributed by atoms with Gasteiger partial charge in [0.2, 0.25) is 0 Å². The monoisotopic (exact) mass is 271 g/mol. The Kier molecular flexibility index (Phi) is 3.53. The average Bonchev–Trinajstić information content (AvgIpc) is 3.08. The third-order valence-corrected chi connectivity index (χ3v) is 3.35. The summed E-state index contributed by atoms with van der Waals surface area (Å²) in [5, 5.41) is 8.87. The Morgan fingerprint density at radius 3 is 2.78 bits per heavy atom. The second-order valence-electron chi connectivity index (χ2n) is 4.10. The molecule has 3 unspecified atom stereocenters. The Hall–Kier alpha value is -1.60. The van der Waals surface area contributed by atoms with E-state index in [-0.39, 0.29) is 11.8 Å². The minimum atomic E-state index is -2.19. The third kappa shape index (κ3) is 2.62. The standard InChI is InChI=1S/C11H13NO5S/c1-17-10-3-2-6(4-9(10)12-18(15)16)7-5-8(7)11(13)14/h2-4,7-8,12H,5H2,1H3,(H,13,14)(H,15,16). The summed E-state index contributed by atoms with van der Waals surface area (Å²) in [6.45, 7) is 0. The Balaban J connectivity index is 2.23.